The van der Waals surface area contributed by atoms with E-state index >= 15 is 0 Å². The number of carboxylic acids is 2. The van der Waals surface area contributed by atoms with Crippen molar-refractivity contribution in [2.24, 2.45) is 5.92 Å². The number of carboxylic acid groups (broad SMARTS) is 2. The van der Waals surface area contributed by atoms with Gasteiger partial charge in [0.1, 0.15) is 6.04 Å². The molecule has 0 saturated heterocycles. The van der Waals surface area contributed by atoms with Crippen molar-refractivity contribution in [3.05, 3.63) is 0 Å². The predicted molar refractivity (Wildman–Crippen MR) is 93.8 cm³/mol. The second-order valence-corrected chi connectivity index (χ2v) is 7.80. The molecule has 0 rings (SSSR count). The fourth-order valence-electron chi connectivity index (χ4n) is 1.51. The number of rotatable bonds is 13. The van der Waals surface area contributed by atoms with Gasteiger partial charge in [-0.05, 0) is 6.42 Å². The van der Waals surface area contributed by atoms with Crippen LogP contribution in [0.15, 0.2) is 0 Å². The Hall–Kier alpha value is -1.42. The first-order valence-corrected chi connectivity index (χ1v) is 10.0. The summed E-state index contributed by atoms with van der Waals surface area (Å²) in [4.78, 5) is 45.1. The van der Waals surface area contributed by atoms with Gasteiger partial charge in [0, 0.05) is 30.4 Å². The van der Waals surface area contributed by atoms with Crippen molar-refractivity contribution in [1.82, 2.24) is 10.6 Å². The molecule has 0 bridgehead atoms. The van der Waals surface area contributed by atoms with Crippen LogP contribution in [0.4, 0.5) is 0 Å². The molecule has 0 aromatic heterocycles. The lowest BCUT2D eigenvalue weighted by Gasteiger charge is -2.17. The quantitative estimate of drug-likeness (QED) is 0.274. The highest BCUT2D eigenvalue weighted by atomic mass is 33.1. The molecule has 0 aromatic carbocycles. The molecule has 24 heavy (non-hydrogen) atoms. The SMILES string of the molecule is CCCSSCCC(=O)NC[C@H](NC(=O)[C@@H](C)CC(=O)O)C(=O)O. The summed E-state index contributed by atoms with van der Waals surface area (Å²) in [6.07, 6.45) is 0.929. The highest BCUT2D eigenvalue weighted by Crippen LogP contribution is 2.22. The van der Waals surface area contributed by atoms with E-state index in [4.69, 9.17) is 10.2 Å². The van der Waals surface area contributed by atoms with Crippen LogP contribution in [-0.4, -0.2) is 58.1 Å². The summed E-state index contributed by atoms with van der Waals surface area (Å²) in [6, 6.07) is -1.29. The summed E-state index contributed by atoms with van der Waals surface area (Å²) in [5.41, 5.74) is 0. The number of carbonyl (C=O) groups excluding carboxylic acids is 2. The van der Waals surface area contributed by atoms with Crippen LogP contribution in [0.25, 0.3) is 0 Å². The smallest absolute Gasteiger partial charge is 0.328 e. The third kappa shape index (κ3) is 11.2. The van der Waals surface area contributed by atoms with E-state index in [2.05, 4.69) is 17.6 Å². The largest absolute Gasteiger partial charge is 0.481 e. The van der Waals surface area contributed by atoms with Gasteiger partial charge in [0.05, 0.1) is 6.42 Å². The fraction of sp³-hybridized carbons (Fsp3) is 0.714. The number of amides is 2. The molecule has 8 nitrogen and oxygen atoms in total. The summed E-state index contributed by atoms with van der Waals surface area (Å²) in [5, 5.41) is 22.4. The highest BCUT2D eigenvalue weighted by molar-refractivity contribution is 8.76. The first kappa shape index (κ1) is 22.6. The van der Waals surface area contributed by atoms with Gasteiger partial charge in [0.2, 0.25) is 11.8 Å². The standard InChI is InChI=1S/C14H24N2O6S2/c1-3-5-23-24-6-4-11(17)15-8-10(14(21)22)16-13(20)9(2)7-12(18)19/h9-10H,3-8H2,1-2H3,(H,15,17)(H,16,20)(H,18,19)(H,21,22)/t9-,10-/m0/s1. The average Bonchev–Trinajstić information content (AvgIpc) is 2.49. The molecule has 0 spiro atoms. The summed E-state index contributed by atoms with van der Waals surface area (Å²) in [6.45, 7) is 3.22. The minimum atomic E-state index is -1.29. The lowest BCUT2D eigenvalue weighted by atomic mass is 10.1. The summed E-state index contributed by atoms with van der Waals surface area (Å²) in [7, 11) is 3.26. The van der Waals surface area contributed by atoms with Crippen LogP contribution in [0.2, 0.25) is 0 Å². The maximum Gasteiger partial charge on any atom is 0.328 e. The topological polar surface area (TPSA) is 133 Å². The van der Waals surface area contributed by atoms with Gasteiger partial charge in [-0.1, -0.05) is 35.4 Å². The first-order valence-electron chi connectivity index (χ1n) is 7.54. The molecule has 2 amide bonds. The monoisotopic (exact) mass is 380 g/mol. The van der Waals surface area contributed by atoms with Gasteiger partial charge in [-0.25, -0.2) is 4.79 Å². The summed E-state index contributed by atoms with van der Waals surface area (Å²) < 4.78 is 0. The second-order valence-electron chi connectivity index (χ2n) is 5.10. The van der Waals surface area contributed by atoms with Crippen LogP contribution in [0.5, 0.6) is 0 Å². The zero-order valence-electron chi connectivity index (χ0n) is 13.7. The molecule has 0 radical (unpaired) electrons. The molecular formula is C14H24N2O6S2. The zero-order valence-corrected chi connectivity index (χ0v) is 15.4. The lowest BCUT2D eigenvalue weighted by Crippen LogP contribution is -2.50. The van der Waals surface area contributed by atoms with Crippen molar-refractivity contribution in [2.45, 2.75) is 39.2 Å². The van der Waals surface area contributed by atoms with Crippen molar-refractivity contribution in [2.75, 3.05) is 18.1 Å². The second kappa shape index (κ2) is 12.9. The Morgan fingerprint density at radius 1 is 1.08 bits per heavy atom. The van der Waals surface area contributed by atoms with Gasteiger partial charge in [-0.3, -0.25) is 14.4 Å². The molecule has 10 heteroatoms. The molecular weight excluding hydrogens is 356 g/mol. The molecule has 0 fully saturated rings. The number of hydrogen-bond acceptors (Lipinski definition) is 6. The van der Waals surface area contributed by atoms with Crippen molar-refractivity contribution >= 4 is 45.3 Å². The Kier molecular flexibility index (Phi) is 12.2. The Morgan fingerprint density at radius 2 is 1.71 bits per heavy atom. The Balaban J connectivity index is 4.20. The highest BCUT2D eigenvalue weighted by Gasteiger charge is 2.24. The molecule has 0 unspecified atom stereocenters. The van der Waals surface area contributed by atoms with Gasteiger partial charge < -0.3 is 20.8 Å². The molecule has 0 saturated carbocycles. The van der Waals surface area contributed by atoms with Gasteiger partial charge in [0.25, 0.3) is 0 Å². The van der Waals surface area contributed by atoms with E-state index in [-0.39, 0.29) is 18.9 Å². The number of aliphatic carboxylic acids is 2. The molecule has 138 valence electrons. The number of carbonyl (C=O) groups is 4. The van der Waals surface area contributed by atoms with Gasteiger partial charge in [0.15, 0.2) is 0 Å². The van der Waals surface area contributed by atoms with Crippen molar-refractivity contribution in [3.63, 3.8) is 0 Å². The fourth-order valence-corrected chi connectivity index (χ4v) is 3.64. The molecule has 0 heterocycles. The maximum atomic E-state index is 11.8. The van der Waals surface area contributed by atoms with Gasteiger partial charge in [-0.2, -0.15) is 0 Å². The van der Waals surface area contributed by atoms with E-state index in [1.807, 2.05) is 0 Å². The van der Waals surface area contributed by atoms with Crippen LogP contribution in [0.1, 0.15) is 33.1 Å². The third-order valence-corrected chi connectivity index (χ3v) is 5.44. The van der Waals surface area contributed by atoms with E-state index in [0.29, 0.717) is 5.75 Å². The molecule has 4 N–H and O–H groups in total. The lowest BCUT2D eigenvalue weighted by molar-refractivity contribution is -0.143. The Bertz CT molecular complexity index is 447. The molecule has 0 aliphatic rings. The van der Waals surface area contributed by atoms with Crippen molar-refractivity contribution < 1.29 is 29.4 Å². The van der Waals surface area contributed by atoms with E-state index in [0.717, 1.165) is 12.2 Å². The van der Waals surface area contributed by atoms with Crippen LogP contribution >= 0.6 is 21.6 Å². The summed E-state index contributed by atoms with van der Waals surface area (Å²) >= 11 is 0. The molecule has 0 aliphatic heterocycles. The van der Waals surface area contributed by atoms with Crippen LogP contribution in [-0.2, 0) is 19.2 Å². The van der Waals surface area contributed by atoms with Crippen LogP contribution in [0, 0.1) is 5.92 Å². The molecule has 0 aromatic rings. The van der Waals surface area contributed by atoms with Gasteiger partial charge >= 0.3 is 11.9 Å². The van der Waals surface area contributed by atoms with E-state index in [1.54, 1.807) is 21.6 Å². The van der Waals surface area contributed by atoms with Crippen LogP contribution in [0.3, 0.4) is 0 Å². The normalized spacial score (nSPS) is 12.9. The van der Waals surface area contributed by atoms with Crippen LogP contribution < -0.4 is 10.6 Å². The first-order chi connectivity index (χ1) is 11.3. The number of hydrogen-bond donors (Lipinski definition) is 4. The third-order valence-electron chi connectivity index (χ3n) is 2.83. The Morgan fingerprint density at radius 3 is 2.25 bits per heavy atom. The average molecular weight is 380 g/mol. The minimum absolute atomic E-state index is 0.244. The Labute approximate surface area is 148 Å². The van der Waals surface area contributed by atoms with Crippen molar-refractivity contribution in [3.8, 4) is 0 Å². The van der Waals surface area contributed by atoms with Gasteiger partial charge in [-0.15, -0.1) is 0 Å². The molecule has 2 atom stereocenters. The van der Waals surface area contributed by atoms with E-state index in [1.165, 1.54) is 6.92 Å². The number of nitrogens with one attached hydrogen (secondary N) is 2. The zero-order chi connectivity index (χ0) is 18.5. The van der Waals surface area contributed by atoms with E-state index < -0.39 is 36.2 Å². The van der Waals surface area contributed by atoms with Crippen molar-refractivity contribution in [1.29, 1.82) is 0 Å². The van der Waals surface area contributed by atoms with E-state index in [9.17, 15) is 19.2 Å². The predicted octanol–water partition coefficient (Wildman–Crippen LogP) is 0.964. The minimum Gasteiger partial charge on any atom is -0.481 e. The molecule has 0 aliphatic carbocycles. The maximum absolute atomic E-state index is 11.8. The summed E-state index contributed by atoms with van der Waals surface area (Å²) in [5.74, 6) is -2.63.